The maximum Gasteiger partial charge on any atom is 0.133 e. The number of hydrogen-bond acceptors (Lipinski definition) is 5. The molecule has 0 heterocycles. The van der Waals surface area contributed by atoms with Crippen LogP contribution in [0.4, 0.5) is 0 Å². The van der Waals surface area contributed by atoms with Gasteiger partial charge in [-0.25, -0.2) is 4.21 Å². The van der Waals surface area contributed by atoms with Crippen LogP contribution in [0.3, 0.4) is 0 Å². The van der Waals surface area contributed by atoms with Gasteiger partial charge in [0.2, 0.25) is 0 Å². The molecule has 2 unspecified atom stereocenters. The van der Waals surface area contributed by atoms with Crippen molar-refractivity contribution in [3.8, 4) is 0 Å². The molecule has 0 rings (SSSR count). The molecule has 2 atom stereocenters. The first-order valence-corrected chi connectivity index (χ1v) is 21.0. The maximum atomic E-state index is 11.3. The van der Waals surface area contributed by atoms with E-state index in [4.69, 9.17) is 24.8 Å². The second-order valence-electron chi connectivity index (χ2n) is 12.3. The number of rotatable bonds is 36. The Morgan fingerprint density at radius 1 is 0.511 bits per heavy atom. The minimum atomic E-state index is -2.03. The lowest BCUT2D eigenvalue weighted by Crippen LogP contribution is -2.26. The van der Waals surface area contributed by atoms with E-state index < -0.39 is 9.64 Å². The van der Waals surface area contributed by atoms with Crippen molar-refractivity contribution in [2.45, 2.75) is 174 Å². The van der Waals surface area contributed by atoms with E-state index in [1.165, 1.54) is 128 Å². The highest BCUT2D eigenvalue weighted by molar-refractivity contribution is 8.19. The number of unbranched alkanes of at least 4 members (excludes halogenated alkanes) is 18. The molecule has 45 heavy (non-hydrogen) atoms. The Morgan fingerprint density at radius 3 is 1.36 bits per heavy atom. The second kappa shape index (κ2) is 39.4. The van der Waals surface area contributed by atoms with Crippen molar-refractivity contribution in [1.82, 2.24) is 0 Å². The molecule has 0 bridgehead atoms. The highest BCUT2D eigenvalue weighted by Crippen LogP contribution is 2.11. The fourth-order valence-corrected chi connectivity index (χ4v) is 5.51. The molecule has 0 spiro atoms. The molecule has 0 aromatic rings. The van der Waals surface area contributed by atoms with E-state index in [0.717, 1.165) is 32.3 Å². The Morgan fingerprint density at radius 2 is 0.911 bits per heavy atom. The van der Waals surface area contributed by atoms with Crippen LogP contribution in [0.25, 0.3) is 0 Å². The van der Waals surface area contributed by atoms with Crippen LogP contribution < -0.4 is 0 Å². The average molecular weight is 669 g/mol. The Hall–Kier alpha value is -0.790. The number of ether oxygens (including phenoxy) is 2. The first-order valence-electron chi connectivity index (χ1n) is 18.8. The van der Waals surface area contributed by atoms with E-state index in [2.05, 4.69) is 62.5 Å². The molecular formula is C39H72O4S2. The highest BCUT2D eigenvalue weighted by atomic mass is 32.8. The molecule has 0 N–H and O–H groups in total. The molecular weight excluding hydrogens is 597 g/mol. The topological polar surface area (TPSA) is 44.8 Å². The van der Waals surface area contributed by atoms with Crippen LogP contribution in [0.1, 0.15) is 168 Å². The summed E-state index contributed by atoms with van der Waals surface area (Å²) >= 11 is 4.69. The monoisotopic (exact) mass is 668 g/mol. The molecule has 264 valence electrons. The van der Waals surface area contributed by atoms with Crippen LogP contribution >= 0.6 is 0 Å². The molecule has 6 heteroatoms. The number of hydrogen-bond donors (Lipinski definition) is 1. The Balaban J connectivity index is 3.67. The Kier molecular flexibility index (Phi) is 38.7. The summed E-state index contributed by atoms with van der Waals surface area (Å²) in [6.45, 7) is 6.64. The molecule has 0 aromatic heterocycles. The predicted octanol–water partition coefficient (Wildman–Crippen LogP) is 11.9. The van der Waals surface area contributed by atoms with Gasteiger partial charge < -0.3 is 9.47 Å². The minimum Gasteiger partial charge on any atom is -0.379 e. The van der Waals surface area contributed by atoms with E-state index in [0.29, 0.717) is 13.2 Å². The van der Waals surface area contributed by atoms with Crippen molar-refractivity contribution in [3.63, 3.8) is 0 Å². The lowest BCUT2D eigenvalue weighted by molar-refractivity contribution is -0.0365. The van der Waals surface area contributed by atoms with Crippen molar-refractivity contribution in [3.05, 3.63) is 48.6 Å². The number of thiol groups is 1. The van der Waals surface area contributed by atoms with Crippen molar-refractivity contribution in [2.24, 2.45) is 0 Å². The van der Waals surface area contributed by atoms with Crippen LogP contribution in [0.5, 0.6) is 0 Å². The van der Waals surface area contributed by atoms with Gasteiger partial charge in [-0.1, -0.05) is 140 Å². The van der Waals surface area contributed by atoms with Crippen molar-refractivity contribution < 1.29 is 17.9 Å². The van der Waals surface area contributed by atoms with Gasteiger partial charge in [-0.3, -0.25) is 4.18 Å². The maximum absolute atomic E-state index is 11.3. The molecule has 0 aliphatic rings. The van der Waals surface area contributed by atoms with Gasteiger partial charge in [0, 0.05) is 24.4 Å². The van der Waals surface area contributed by atoms with E-state index in [9.17, 15) is 4.21 Å². The van der Waals surface area contributed by atoms with Gasteiger partial charge >= 0.3 is 0 Å². The summed E-state index contributed by atoms with van der Waals surface area (Å²) in [7, 11) is -2.03. The summed E-state index contributed by atoms with van der Waals surface area (Å²) in [6, 6.07) is 0. The van der Waals surface area contributed by atoms with Crippen molar-refractivity contribution in [1.29, 1.82) is 0 Å². The molecule has 0 aliphatic carbocycles. The van der Waals surface area contributed by atoms with Gasteiger partial charge in [0.05, 0.1) is 13.2 Å². The highest BCUT2D eigenvalue weighted by Gasteiger charge is 2.10. The molecule has 0 saturated heterocycles. The van der Waals surface area contributed by atoms with Crippen LogP contribution in [0.2, 0.25) is 0 Å². The second-order valence-corrected chi connectivity index (χ2v) is 13.9. The lowest BCUT2D eigenvalue weighted by atomic mass is 10.1. The summed E-state index contributed by atoms with van der Waals surface area (Å²) < 4.78 is 28.3. The fourth-order valence-electron chi connectivity index (χ4n) is 5.04. The Labute approximate surface area is 286 Å². The van der Waals surface area contributed by atoms with Crippen molar-refractivity contribution >= 4 is 20.8 Å². The quantitative estimate of drug-likeness (QED) is 0.0409. The van der Waals surface area contributed by atoms with Gasteiger partial charge in [-0.15, -0.1) is 0 Å². The Bertz CT molecular complexity index is 765. The molecule has 0 saturated carbocycles. The third-order valence-corrected chi connectivity index (χ3v) is 8.53. The molecule has 0 fully saturated rings. The standard InChI is InChI=1S/C39H72O4S2/c1-3-5-7-9-11-13-15-17-19-21-23-25-27-29-31-33-35-41-37-39(38-43-45(40)44)42-36-34-32-30-28-26-24-22-20-18-16-14-12-10-8-6-4-2/h11-14,17-20,39,45H,3-10,15-16,21-38H2,1-2H3/b13-11-,14-12-,19-17-,20-18-. The normalized spacial score (nSPS) is 13.7. The SMILES string of the molecule is CCCCC/C=C\C/C=C\CCCCCCCCOCC(CO[SH](=O)=S)OCCCCCCCC/C=C\C/C=C\CCCCC. The first kappa shape index (κ1) is 44.2. The summed E-state index contributed by atoms with van der Waals surface area (Å²) in [5.74, 6) is 0. The van der Waals surface area contributed by atoms with Crippen LogP contribution in [-0.2, 0) is 34.5 Å². The smallest absolute Gasteiger partial charge is 0.133 e. The van der Waals surface area contributed by atoms with Gasteiger partial charge in [0.15, 0.2) is 0 Å². The van der Waals surface area contributed by atoms with E-state index in [-0.39, 0.29) is 12.7 Å². The van der Waals surface area contributed by atoms with E-state index in [1.807, 2.05) is 0 Å². The predicted molar refractivity (Wildman–Crippen MR) is 202 cm³/mol. The fraction of sp³-hybridized carbons (Fsp3) is 0.795. The minimum absolute atomic E-state index is 0.200. The van der Waals surface area contributed by atoms with Crippen LogP contribution in [-0.4, -0.2) is 36.7 Å². The third kappa shape index (κ3) is 39.3. The first-order chi connectivity index (χ1) is 22.2. The third-order valence-electron chi connectivity index (χ3n) is 7.86. The molecule has 4 nitrogen and oxygen atoms in total. The summed E-state index contributed by atoms with van der Waals surface area (Å²) in [4.78, 5) is 0. The lowest BCUT2D eigenvalue weighted by Gasteiger charge is -2.17. The van der Waals surface area contributed by atoms with Gasteiger partial charge in [-0.2, -0.15) is 0 Å². The van der Waals surface area contributed by atoms with Crippen molar-refractivity contribution in [2.75, 3.05) is 26.4 Å². The summed E-state index contributed by atoms with van der Waals surface area (Å²) in [5, 5.41) is 0. The number of allylic oxidation sites excluding steroid dienone is 8. The van der Waals surface area contributed by atoms with Crippen LogP contribution in [0.15, 0.2) is 48.6 Å². The van der Waals surface area contributed by atoms with Crippen LogP contribution in [0, 0.1) is 0 Å². The molecule has 0 amide bonds. The zero-order chi connectivity index (χ0) is 32.7. The van der Waals surface area contributed by atoms with Gasteiger partial charge in [0.1, 0.15) is 15.7 Å². The molecule has 0 radical (unpaired) electrons. The molecule has 0 aliphatic heterocycles. The van der Waals surface area contributed by atoms with E-state index >= 15 is 0 Å². The average Bonchev–Trinajstić information content (AvgIpc) is 3.04. The zero-order valence-electron chi connectivity index (χ0n) is 29.5. The van der Waals surface area contributed by atoms with Gasteiger partial charge in [-0.05, 0) is 77.0 Å². The summed E-state index contributed by atoms with van der Waals surface area (Å²) in [5.41, 5.74) is 0. The summed E-state index contributed by atoms with van der Waals surface area (Å²) in [6.07, 6.45) is 48.0. The largest absolute Gasteiger partial charge is 0.379 e. The van der Waals surface area contributed by atoms with E-state index in [1.54, 1.807) is 0 Å². The zero-order valence-corrected chi connectivity index (χ0v) is 31.2. The van der Waals surface area contributed by atoms with Gasteiger partial charge in [0.25, 0.3) is 0 Å². The molecule has 0 aromatic carbocycles.